The predicted molar refractivity (Wildman–Crippen MR) is 89.5 cm³/mol. The molecule has 1 aromatic carbocycles. The molecule has 2 amide bonds. The van der Waals surface area contributed by atoms with Crippen molar-refractivity contribution in [3.8, 4) is 5.75 Å². The quantitative estimate of drug-likeness (QED) is 0.718. The molecule has 0 radical (unpaired) electrons. The first kappa shape index (κ1) is 15.4. The fourth-order valence-corrected chi connectivity index (χ4v) is 2.99. The van der Waals surface area contributed by atoms with Crippen LogP contribution in [0.15, 0.2) is 36.7 Å². The van der Waals surface area contributed by atoms with Gasteiger partial charge in [-0.15, -0.1) is 0 Å². The number of primary amides is 1. The lowest BCUT2D eigenvalue weighted by Gasteiger charge is -2.23. The lowest BCUT2D eigenvalue weighted by atomic mass is 10.1. The third kappa shape index (κ3) is 2.76. The zero-order valence-corrected chi connectivity index (χ0v) is 13.3. The Hall–Kier alpha value is -3.13. The molecule has 3 heterocycles. The van der Waals surface area contributed by atoms with Gasteiger partial charge in [0, 0.05) is 17.8 Å². The van der Waals surface area contributed by atoms with Gasteiger partial charge in [0.1, 0.15) is 24.6 Å². The summed E-state index contributed by atoms with van der Waals surface area (Å²) in [6.07, 6.45) is 3.38. The van der Waals surface area contributed by atoms with E-state index in [4.69, 9.17) is 15.2 Å². The van der Waals surface area contributed by atoms with E-state index in [2.05, 4.69) is 10.3 Å². The maximum absolute atomic E-state index is 11.8. The number of benzene rings is 1. The Labute approximate surface area is 142 Å². The molecular weight excluding hydrogens is 324 g/mol. The topological polar surface area (TPSA) is 108 Å². The Balaban J connectivity index is 1.72. The van der Waals surface area contributed by atoms with Gasteiger partial charge in [-0.25, -0.2) is 4.98 Å². The van der Waals surface area contributed by atoms with E-state index in [9.17, 15) is 9.59 Å². The van der Waals surface area contributed by atoms with Gasteiger partial charge < -0.3 is 20.5 Å². The number of nitrogens with zero attached hydrogens (tertiary/aromatic N) is 2. The number of carbonyl (C=O) groups excluding carboxylic acids is 2. The third-order valence-corrected chi connectivity index (χ3v) is 4.10. The molecule has 1 atom stereocenters. The van der Waals surface area contributed by atoms with Crippen LogP contribution in [0.2, 0.25) is 0 Å². The normalized spacial score (nSPS) is 17.6. The number of aromatic nitrogens is 2. The highest BCUT2D eigenvalue weighted by molar-refractivity contribution is 6.03. The average molecular weight is 340 g/mol. The minimum Gasteiger partial charge on any atom is -0.491 e. The van der Waals surface area contributed by atoms with E-state index < -0.39 is 5.91 Å². The number of ether oxygens (including phenoxy) is 2. The minimum absolute atomic E-state index is 0.0748. The Kier molecular flexibility index (Phi) is 3.73. The molecule has 25 heavy (non-hydrogen) atoms. The molecule has 2 aromatic heterocycles. The molecule has 0 unspecified atom stereocenters. The highest BCUT2D eigenvalue weighted by Crippen LogP contribution is 2.28. The second-order valence-electron chi connectivity index (χ2n) is 5.82. The summed E-state index contributed by atoms with van der Waals surface area (Å²) in [5.41, 5.74) is 7.16. The van der Waals surface area contributed by atoms with Crippen LogP contribution in [0, 0.1) is 0 Å². The molecule has 1 fully saturated rings. The van der Waals surface area contributed by atoms with Crippen molar-refractivity contribution in [3.63, 3.8) is 0 Å². The molecule has 3 N–H and O–H groups in total. The summed E-state index contributed by atoms with van der Waals surface area (Å²) < 4.78 is 12.9. The number of hydrogen-bond donors (Lipinski definition) is 2. The van der Waals surface area contributed by atoms with Gasteiger partial charge in [-0.3, -0.25) is 14.0 Å². The van der Waals surface area contributed by atoms with Crippen molar-refractivity contribution in [3.05, 3.63) is 42.2 Å². The number of hydrogen-bond acceptors (Lipinski definition) is 5. The summed E-state index contributed by atoms with van der Waals surface area (Å²) in [4.78, 5) is 27.4. The van der Waals surface area contributed by atoms with Crippen molar-refractivity contribution in [2.45, 2.75) is 6.04 Å². The lowest BCUT2D eigenvalue weighted by molar-refractivity contribution is -0.131. The first-order valence-electron chi connectivity index (χ1n) is 7.82. The molecule has 1 aliphatic rings. The van der Waals surface area contributed by atoms with Gasteiger partial charge in [-0.2, -0.15) is 0 Å². The summed E-state index contributed by atoms with van der Waals surface area (Å²) in [5, 5.41) is 3.55. The number of fused-ring (bicyclic) bond motifs is 3. The third-order valence-electron chi connectivity index (χ3n) is 4.10. The van der Waals surface area contributed by atoms with Crippen molar-refractivity contribution < 1.29 is 19.1 Å². The number of carbonyl (C=O) groups is 2. The van der Waals surface area contributed by atoms with Crippen LogP contribution in [0.1, 0.15) is 10.4 Å². The van der Waals surface area contributed by atoms with Crippen LogP contribution >= 0.6 is 0 Å². The Bertz CT molecular complexity index is 981. The van der Waals surface area contributed by atoms with Gasteiger partial charge in [0.25, 0.3) is 5.91 Å². The summed E-state index contributed by atoms with van der Waals surface area (Å²) in [6.45, 7) is 0.735. The summed E-state index contributed by atoms with van der Waals surface area (Å²) in [7, 11) is 0. The van der Waals surface area contributed by atoms with Crippen LogP contribution in [0.25, 0.3) is 16.6 Å². The van der Waals surface area contributed by atoms with E-state index in [-0.39, 0.29) is 25.2 Å². The number of amides is 2. The van der Waals surface area contributed by atoms with Gasteiger partial charge in [-0.1, -0.05) is 6.07 Å². The first-order valence-corrected chi connectivity index (χ1v) is 7.82. The molecule has 0 aliphatic carbocycles. The van der Waals surface area contributed by atoms with E-state index in [1.54, 1.807) is 28.9 Å². The maximum Gasteiger partial charge on any atom is 0.252 e. The van der Waals surface area contributed by atoms with Crippen LogP contribution in [-0.4, -0.2) is 47.1 Å². The van der Waals surface area contributed by atoms with Gasteiger partial charge >= 0.3 is 0 Å². The molecule has 1 aliphatic heterocycles. The zero-order valence-electron chi connectivity index (χ0n) is 13.3. The second-order valence-corrected chi connectivity index (χ2v) is 5.82. The van der Waals surface area contributed by atoms with Gasteiger partial charge in [-0.05, 0) is 18.2 Å². The van der Waals surface area contributed by atoms with Crippen LogP contribution in [0.5, 0.6) is 5.75 Å². The van der Waals surface area contributed by atoms with Crippen LogP contribution in [-0.2, 0) is 9.53 Å². The fraction of sp³-hybridized carbons (Fsp3) is 0.235. The first-order chi connectivity index (χ1) is 12.1. The highest BCUT2D eigenvalue weighted by Gasteiger charge is 2.20. The van der Waals surface area contributed by atoms with E-state index >= 15 is 0 Å². The van der Waals surface area contributed by atoms with Crippen LogP contribution in [0.4, 0.5) is 0 Å². The Morgan fingerprint density at radius 3 is 3.16 bits per heavy atom. The van der Waals surface area contributed by atoms with Gasteiger partial charge in [0.2, 0.25) is 5.91 Å². The number of nitrogens with two attached hydrogens (primary N) is 1. The fourth-order valence-electron chi connectivity index (χ4n) is 2.99. The average Bonchev–Trinajstić information content (AvgIpc) is 3.09. The number of pyridine rings is 1. The van der Waals surface area contributed by atoms with Gasteiger partial charge in [0.05, 0.1) is 23.7 Å². The number of imidazole rings is 1. The standard InChI is InChI=1S/C17H16N4O4/c18-16(23)12-6-11-13(21-5-4-19-17(12)21)2-1-3-14(11)25-8-10-7-24-9-15(22)20-10/h1-6,10H,7-9H2,(H2,18,23)(H,20,22)/t10-/m1/s1. The largest absolute Gasteiger partial charge is 0.491 e. The second kappa shape index (κ2) is 6.06. The van der Waals surface area contributed by atoms with Crippen LogP contribution in [0.3, 0.4) is 0 Å². The van der Waals surface area contributed by atoms with E-state index in [1.807, 2.05) is 12.1 Å². The smallest absolute Gasteiger partial charge is 0.252 e. The summed E-state index contributed by atoms with van der Waals surface area (Å²) >= 11 is 0. The Morgan fingerprint density at radius 1 is 1.48 bits per heavy atom. The highest BCUT2D eigenvalue weighted by atomic mass is 16.5. The molecule has 3 aromatic rings. The van der Waals surface area contributed by atoms with Crippen molar-refractivity contribution in [2.24, 2.45) is 5.73 Å². The van der Waals surface area contributed by atoms with Crippen LogP contribution < -0.4 is 15.8 Å². The monoisotopic (exact) mass is 340 g/mol. The summed E-state index contributed by atoms with van der Waals surface area (Å²) in [5.74, 6) is -0.120. The lowest BCUT2D eigenvalue weighted by Crippen LogP contribution is -2.48. The van der Waals surface area contributed by atoms with Crippen molar-refractivity contribution >= 4 is 28.4 Å². The Morgan fingerprint density at radius 2 is 2.36 bits per heavy atom. The van der Waals surface area contributed by atoms with E-state index in [0.29, 0.717) is 23.6 Å². The molecule has 4 rings (SSSR count). The number of nitrogens with one attached hydrogen (secondary N) is 1. The van der Waals surface area contributed by atoms with Crippen molar-refractivity contribution in [2.75, 3.05) is 19.8 Å². The minimum atomic E-state index is -0.555. The number of rotatable bonds is 4. The van der Waals surface area contributed by atoms with E-state index in [1.165, 1.54) is 0 Å². The molecule has 0 saturated carbocycles. The summed E-state index contributed by atoms with van der Waals surface area (Å²) in [6, 6.07) is 7.04. The molecular formula is C17H16N4O4. The number of morpholine rings is 1. The predicted octanol–water partition coefficient (Wildman–Crippen LogP) is 0.480. The SMILES string of the molecule is NC(=O)c1cc2c(OC[C@H]3COCC(=O)N3)cccc2n2ccnc12. The molecule has 8 heteroatoms. The molecule has 1 saturated heterocycles. The molecule has 128 valence electrons. The maximum atomic E-state index is 11.8. The molecule has 0 spiro atoms. The molecule has 8 nitrogen and oxygen atoms in total. The molecule has 0 bridgehead atoms. The van der Waals surface area contributed by atoms with Gasteiger partial charge in [0.15, 0.2) is 0 Å². The van der Waals surface area contributed by atoms with Crippen molar-refractivity contribution in [1.29, 1.82) is 0 Å². The zero-order chi connectivity index (χ0) is 17.4. The van der Waals surface area contributed by atoms with E-state index in [0.717, 1.165) is 10.9 Å². The van der Waals surface area contributed by atoms with Crippen molar-refractivity contribution in [1.82, 2.24) is 14.7 Å².